The van der Waals surface area contributed by atoms with Crippen molar-refractivity contribution in [2.75, 3.05) is 12.4 Å². The van der Waals surface area contributed by atoms with Gasteiger partial charge in [0.15, 0.2) is 5.82 Å². The molecule has 2 aromatic heterocycles. The lowest BCUT2D eigenvalue weighted by molar-refractivity contribution is 0.988. The molecule has 0 amide bonds. The zero-order valence-corrected chi connectivity index (χ0v) is 13.8. The molecule has 0 spiro atoms. The molecule has 2 aromatic rings. The maximum absolute atomic E-state index is 4.59. The molecule has 0 saturated carbocycles. The second-order valence-electron chi connectivity index (χ2n) is 3.65. The van der Waals surface area contributed by atoms with Gasteiger partial charge in [0.25, 0.3) is 0 Å². The van der Waals surface area contributed by atoms with Crippen molar-refractivity contribution in [3.8, 4) is 11.4 Å². The predicted molar refractivity (Wildman–Crippen MR) is 84.6 cm³/mol. The molecule has 0 radical (unpaired) electrons. The summed E-state index contributed by atoms with van der Waals surface area (Å²) in [5.74, 6) is 1.56. The van der Waals surface area contributed by atoms with Crippen LogP contribution in [0.15, 0.2) is 22.9 Å². The molecule has 0 fully saturated rings. The lowest BCUT2D eigenvalue weighted by atomic mass is 10.2. The molecule has 94 valence electrons. The van der Waals surface area contributed by atoms with Gasteiger partial charge in [-0.25, -0.2) is 9.97 Å². The number of rotatable bonds is 3. The van der Waals surface area contributed by atoms with Crippen LogP contribution in [-0.4, -0.2) is 22.0 Å². The van der Waals surface area contributed by atoms with Crippen LogP contribution < -0.4 is 5.32 Å². The first-order chi connectivity index (χ1) is 8.65. The molecule has 18 heavy (non-hydrogen) atoms. The predicted octanol–water partition coefficient (Wildman–Crippen LogP) is 3.51. The highest BCUT2D eigenvalue weighted by Gasteiger charge is 2.11. The van der Waals surface area contributed by atoms with Crippen molar-refractivity contribution in [1.82, 2.24) is 15.0 Å². The highest BCUT2D eigenvalue weighted by molar-refractivity contribution is 14.1. The Morgan fingerprint density at radius 2 is 2.11 bits per heavy atom. The molecule has 0 aliphatic heterocycles. The lowest BCUT2D eigenvalue weighted by Crippen LogP contribution is -2.04. The summed E-state index contributed by atoms with van der Waals surface area (Å²) in [5, 5.41) is 3.10. The summed E-state index contributed by atoms with van der Waals surface area (Å²) in [4.78, 5) is 13.3. The van der Waals surface area contributed by atoms with E-state index in [4.69, 9.17) is 0 Å². The van der Waals surface area contributed by atoms with Crippen LogP contribution in [0.5, 0.6) is 0 Å². The smallest absolute Gasteiger partial charge is 0.163 e. The van der Waals surface area contributed by atoms with E-state index >= 15 is 0 Å². The molecule has 2 heterocycles. The Morgan fingerprint density at radius 1 is 1.33 bits per heavy atom. The van der Waals surface area contributed by atoms with Crippen molar-refractivity contribution in [3.63, 3.8) is 0 Å². The zero-order valence-electron chi connectivity index (χ0n) is 10.0. The molecule has 0 aromatic carbocycles. The number of hydrogen-bond acceptors (Lipinski definition) is 4. The number of nitrogens with one attached hydrogen (secondary N) is 1. The van der Waals surface area contributed by atoms with Crippen molar-refractivity contribution < 1.29 is 0 Å². The molecule has 0 aliphatic carbocycles. The Kier molecular flexibility index (Phi) is 4.50. The van der Waals surface area contributed by atoms with Crippen LogP contribution in [0.25, 0.3) is 11.4 Å². The Balaban J connectivity index is 2.58. The number of anilines is 1. The second kappa shape index (κ2) is 5.92. The van der Waals surface area contributed by atoms with E-state index in [-0.39, 0.29) is 0 Å². The topological polar surface area (TPSA) is 50.7 Å². The van der Waals surface area contributed by atoms with Gasteiger partial charge in [-0.15, -0.1) is 0 Å². The van der Waals surface area contributed by atoms with Crippen molar-refractivity contribution in [3.05, 3.63) is 32.2 Å². The highest BCUT2D eigenvalue weighted by atomic mass is 127. The number of pyridine rings is 1. The quantitative estimate of drug-likeness (QED) is 0.775. The van der Waals surface area contributed by atoms with E-state index in [9.17, 15) is 0 Å². The Hall–Kier alpha value is -0.760. The van der Waals surface area contributed by atoms with Crippen LogP contribution in [0, 0.1) is 3.57 Å². The van der Waals surface area contributed by atoms with Crippen molar-refractivity contribution in [2.24, 2.45) is 0 Å². The van der Waals surface area contributed by atoms with Gasteiger partial charge < -0.3 is 5.32 Å². The third-order valence-electron chi connectivity index (χ3n) is 2.45. The van der Waals surface area contributed by atoms with Gasteiger partial charge in [0.05, 0.1) is 9.26 Å². The summed E-state index contributed by atoms with van der Waals surface area (Å²) in [6, 6.07) is 1.97. The molecule has 6 heteroatoms. The summed E-state index contributed by atoms with van der Waals surface area (Å²) in [5.41, 5.74) is 1.96. The molecular formula is C12H12BrIN4. The van der Waals surface area contributed by atoms with Crippen molar-refractivity contribution >= 4 is 44.3 Å². The second-order valence-corrected chi connectivity index (χ2v) is 5.65. The molecule has 0 bridgehead atoms. The summed E-state index contributed by atoms with van der Waals surface area (Å²) >= 11 is 5.68. The van der Waals surface area contributed by atoms with Crippen LogP contribution in [0.2, 0.25) is 0 Å². The van der Waals surface area contributed by atoms with Gasteiger partial charge in [-0.2, -0.15) is 0 Å². The van der Waals surface area contributed by atoms with Crippen molar-refractivity contribution in [2.45, 2.75) is 13.3 Å². The van der Waals surface area contributed by atoms with Gasteiger partial charge in [0.2, 0.25) is 0 Å². The van der Waals surface area contributed by atoms with Gasteiger partial charge >= 0.3 is 0 Å². The monoisotopic (exact) mass is 418 g/mol. The third-order valence-corrected chi connectivity index (χ3v) is 4.02. The molecule has 2 rings (SSSR count). The van der Waals surface area contributed by atoms with Crippen LogP contribution >= 0.6 is 38.5 Å². The summed E-state index contributed by atoms with van der Waals surface area (Å²) in [6.07, 6.45) is 4.39. The summed E-state index contributed by atoms with van der Waals surface area (Å²) in [7, 11) is 1.87. The normalized spacial score (nSPS) is 10.4. The number of hydrogen-bond donors (Lipinski definition) is 1. The first-order valence-electron chi connectivity index (χ1n) is 5.50. The van der Waals surface area contributed by atoms with Gasteiger partial charge in [0.1, 0.15) is 5.82 Å². The molecule has 1 N–H and O–H groups in total. The minimum absolute atomic E-state index is 0.699. The van der Waals surface area contributed by atoms with E-state index in [0.717, 1.165) is 31.5 Å². The van der Waals surface area contributed by atoms with Crippen LogP contribution in [0.4, 0.5) is 5.82 Å². The Labute approximate surface area is 128 Å². The van der Waals surface area contributed by atoms with Crippen LogP contribution in [0.3, 0.4) is 0 Å². The fourth-order valence-corrected chi connectivity index (χ4v) is 2.81. The largest absolute Gasteiger partial charge is 0.372 e. The fourth-order valence-electron chi connectivity index (χ4n) is 1.56. The lowest BCUT2D eigenvalue weighted by Gasteiger charge is -2.10. The van der Waals surface area contributed by atoms with Gasteiger partial charge in [-0.05, 0) is 51.0 Å². The van der Waals surface area contributed by atoms with Crippen LogP contribution in [0.1, 0.15) is 12.6 Å². The van der Waals surface area contributed by atoms with Crippen molar-refractivity contribution in [1.29, 1.82) is 0 Å². The van der Waals surface area contributed by atoms with E-state index in [1.165, 1.54) is 0 Å². The average molecular weight is 419 g/mol. The van der Waals surface area contributed by atoms with E-state index in [1.54, 1.807) is 12.4 Å². The maximum Gasteiger partial charge on any atom is 0.163 e. The fraction of sp³-hybridized carbons (Fsp3) is 0.250. The minimum Gasteiger partial charge on any atom is -0.372 e. The number of halogens is 2. The molecule has 4 nitrogen and oxygen atoms in total. The maximum atomic E-state index is 4.59. The van der Waals surface area contributed by atoms with Gasteiger partial charge in [-0.3, -0.25) is 4.98 Å². The number of nitrogens with zero attached hydrogens (tertiary/aromatic N) is 3. The molecule has 0 atom stereocenters. The van der Waals surface area contributed by atoms with E-state index in [1.807, 2.05) is 13.1 Å². The molecule has 0 saturated heterocycles. The molecule has 0 unspecified atom stereocenters. The third kappa shape index (κ3) is 2.80. The SMILES string of the molecule is CCc1nc(-c2cncc(Br)c2)nc(NC)c1I. The first kappa shape index (κ1) is 13.7. The first-order valence-corrected chi connectivity index (χ1v) is 7.38. The van der Waals surface area contributed by atoms with E-state index in [0.29, 0.717) is 5.82 Å². The summed E-state index contributed by atoms with van der Waals surface area (Å²) < 4.78 is 2.00. The van der Waals surface area contributed by atoms with Gasteiger partial charge in [0, 0.05) is 29.5 Å². The average Bonchev–Trinajstić information content (AvgIpc) is 2.39. The Bertz CT molecular complexity index is 549. The minimum atomic E-state index is 0.699. The zero-order chi connectivity index (χ0) is 13.1. The van der Waals surface area contributed by atoms with E-state index in [2.05, 4.69) is 65.7 Å². The highest BCUT2D eigenvalue weighted by Crippen LogP contribution is 2.25. The number of aryl methyl sites for hydroxylation is 1. The molecule has 0 aliphatic rings. The van der Waals surface area contributed by atoms with Gasteiger partial charge in [-0.1, -0.05) is 6.92 Å². The Morgan fingerprint density at radius 3 is 2.72 bits per heavy atom. The standard InChI is InChI=1S/C12H12BrIN4/c1-3-9-10(14)12(15-2)18-11(17-9)7-4-8(13)6-16-5-7/h4-6H,3H2,1-2H3,(H,15,17,18). The number of aromatic nitrogens is 3. The van der Waals surface area contributed by atoms with Crippen LogP contribution in [-0.2, 0) is 6.42 Å². The van der Waals surface area contributed by atoms with E-state index < -0.39 is 0 Å². The molecular weight excluding hydrogens is 407 g/mol. The summed E-state index contributed by atoms with van der Waals surface area (Å²) in [6.45, 7) is 2.09.